The summed E-state index contributed by atoms with van der Waals surface area (Å²) in [4.78, 5) is 1.85. The Balaban J connectivity index is 0. The van der Waals surface area contributed by atoms with Crippen LogP contribution in [0.15, 0.2) is 0 Å². The summed E-state index contributed by atoms with van der Waals surface area (Å²) in [5.74, 6) is 0. The van der Waals surface area contributed by atoms with E-state index in [0.717, 1.165) is 0 Å². The fourth-order valence-electron chi connectivity index (χ4n) is 0.826. The molecule has 0 aliphatic rings. The van der Waals surface area contributed by atoms with Crippen LogP contribution < -0.4 is 0 Å². The fourth-order valence-corrected chi connectivity index (χ4v) is 0.826. The topological polar surface area (TPSA) is 142 Å². The van der Waals surface area contributed by atoms with Gasteiger partial charge in [0.1, 0.15) is 0 Å². The van der Waals surface area contributed by atoms with Crippen LogP contribution in [0.4, 0.5) is 0 Å². The van der Waals surface area contributed by atoms with E-state index in [9.17, 15) is 0 Å². The van der Waals surface area contributed by atoms with Crippen LogP contribution in [0.25, 0.3) is 0 Å². The minimum Gasteiger partial charge on any atom is -0.395 e. The van der Waals surface area contributed by atoms with Crippen molar-refractivity contribution in [2.45, 2.75) is 6.42 Å². The molecule has 0 radical (unpaired) electrons. The molecule has 9 heteroatoms. The summed E-state index contributed by atoms with van der Waals surface area (Å²) < 4.78 is 31.6. The highest BCUT2D eigenvalue weighted by molar-refractivity contribution is 7.79. The molecule has 0 spiro atoms. The van der Waals surface area contributed by atoms with Crippen LogP contribution in [0.3, 0.4) is 0 Å². The smallest absolute Gasteiger partial charge is 0.394 e. The van der Waals surface area contributed by atoms with Gasteiger partial charge in [0.2, 0.25) is 0 Å². The van der Waals surface area contributed by atoms with Crippen molar-refractivity contribution in [1.82, 2.24) is 4.90 Å². The normalized spacial score (nSPS) is 10.5. The van der Waals surface area contributed by atoms with Crippen LogP contribution >= 0.6 is 0 Å². The predicted molar refractivity (Wildman–Crippen MR) is 55.0 cm³/mol. The van der Waals surface area contributed by atoms with Gasteiger partial charge in [-0.05, 0) is 0 Å². The average molecular weight is 256 g/mol. The van der Waals surface area contributed by atoms with Gasteiger partial charge in [0, 0.05) is 26.1 Å². The molecule has 0 fully saturated rings. The molecule has 0 aliphatic heterocycles. The zero-order chi connectivity index (χ0) is 13.0. The van der Waals surface area contributed by atoms with E-state index in [-0.39, 0.29) is 13.2 Å². The zero-order valence-corrected chi connectivity index (χ0v) is 9.47. The summed E-state index contributed by atoms with van der Waals surface area (Å²) in [6, 6.07) is 2.01. The van der Waals surface area contributed by atoms with Gasteiger partial charge >= 0.3 is 10.4 Å². The minimum atomic E-state index is -4.67. The highest BCUT2D eigenvalue weighted by Gasteiger charge is 2.01. The van der Waals surface area contributed by atoms with Gasteiger partial charge < -0.3 is 10.2 Å². The van der Waals surface area contributed by atoms with E-state index in [1.54, 1.807) is 0 Å². The molecule has 0 aromatic rings. The van der Waals surface area contributed by atoms with Gasteiger partial charge in [-0.1, -0.05) is 0 Å². The van der Waals surface area contributed by atoms with E-state index >= 15 is 0 Å². The average Bonchev–Trinajstić information content (AvgIpc) is 2.12. The molecule has 16 heavy (non-hydrogen) atoms. The van der Waals surface area contributed by atoms with Gasteiger partial charge in [-0.3, -0.25) is 14.0 Å². The van der Waals surface area contributed by atoms with Gasteiger partial charge in [0.15, 0.2) is 0 Å². The quantitative estimate of drug-likeness (QED) is 0.422. The van der Waals surface area contributed by atoms with Crippen LogP contribution in [0.5, 0.6) is 0 Å². The standard InChI is InChI=1S/C7H14N2O2.H2O4S/c8-2-1-3-9(4-6-10)5-7-11;1-5(2,3)4/h10-11H,1,3-7H2;(H2,1,2,3,4). The zero-order valence-electron chi connectivity index (χ0n) is 8.65. The molecule has 0 bridgehead atoms. The van der Waals surface area contributed by atoms with Crippen molar-refractivity contribution < 1.29 is 27.7 Å². The molecule has 0 atom stereocenters. The lowest BCUT2D eigenvalue weighted by Gasteiger charge is -2.17. The number of aliphatic hydroxyl groups is 2. The SMILES string of the molecule is N#CCCN(CCO)CCO.O=S(=O)(O)O. The first-order chi connectivity index (χ1) is 7.35. The second-order valence-corrected chi connectivity index (χ2v) is 3.54. The van der Waals surface area contributed by atoms with Crippen LogP contribution in [0, 0.1) is 11.3 Å². The van der Waals surface area contributed by atoms with E-state index in [1.165, 1.54) is 0 Å². The van der Waals surface area contributed by atoms with Crippen molar-refractivity contribution in [2.24, 2.45) is 0 Å². The lowest BCUT2D eigenvalue weighted by molar-refractivity contribution is 0.163. The Labute approximate surface area is 94.3 Å². The molecule has 0 aliphatic carbocycles. The van der Waals surface area contributed by atoms with E-state index in [1.807, 2.05) is 11.0 Å². The lowest BCUT2D eigenvalue weighted by atomic mass is 10.4. The van der Waals surface area contributed by atoms with E-state index < -0.39 is 10.4 Å². The van der Waals surface area contributed by atoms with Crippen molar-refractivity contribution in [3.05, 3.63) is 0 Å². The molecular formula is C7H16N2O6S. The molecule has 8 nitrogen and oxygen atoms in total. The summed E-state index contributed by atoms with van der Waals surface area (Å²) in [6.45, 7) is 1.83. The van der Waals surface area contributed by atoms with Gasteiger partial charge in [-0.25, -0.2) is 0 Å². The van der Waals surface area contributed by atoms with Crippen molar-refractivity contribution in [3.8, 4) is 6.07 Å². The summed E-state index contributed by atoms with van der Waals surface area (Å²) >= 11 is 0. The first kappa shape index (κ1) is 17.6. The van der Waals surface area contributed by atoms with Crippen molar-refractivity contribution >= 4 is 10.4 Å². The molecule has 96 valence electrons. The highest BCUT2D eigenvalue weighted by Crippen LogP contribution is 1.88. The summed E-state index contributed by atoms with van der Waals surface area (Å²) in [7, 11) is -4.67. The van der Waals surface area contributed by atoms with E-state index in [0.29, 0.717) is 26.1 Å². The van der Waals surface area contributed by atoms with Crippen LogP contribution in [-0.4, -0.2) is 65.5 Å². The maximum Gasteiger partial charge on any atom is 0.394 e. The summed E-state index contributed by atoms with van der Waals surface area (Å²) in [6.07, 6.45) is 0.444. The summed E-state index contributed by atoms with van der Waals surface area (Å²) in [5.41, 5.74) is 0. The number of nitriles is 1. The minimum absolute atomic E-state index is 0.0748. The number of hydrogen-bond donors (Lipinski definition) is 4. The lowest BCUT2D eigenvalue weighted by Crippen LogP contribution is -2.30. The van der Waals surface area contributed by atoms with Crippen LogP contribution in [0.2, 0.25) is 0 Å². The Hall–Kier alpha value is -0.760. The van der Waals surface area contributed by atoms with Crippen molar-refractivity contribution in [3.63, 3.8) is 0 Å². The molecule has 4 N–H and O–H groups in total. The number of nitrogens with zero attached hydrogens (tertiary/aromatic N) is 2. The van der Waals surface area contributed by atoms with E-state index in [2.05, 4.69) is 0 Å². The van der Waals surface area contributed by atoms with E-state index in [4.69, 9.17) is 33.0 Å². The van der Waals surface area contributed by atoms with Gasteiger partial charge in [-0.2, -0.15) is 13.7 Å². The Morgan fingerprint density at radius 3 is 1.69 bits per heavy atom. The largest absolute Gasteiger partial charge is 0.395 e. The maximum atomic E-state index is 8.74. The third-order valence-corrected chi connectivity index (χ3v) is 1.37. The maximum absolute atomic E-state index is 8.74. The van der Waals surface area contributed by atoms with Crippen LogP contribution in [-0.2, 0) is 10.4 Å². The van der Waals surface area contributed by atoms with Gasteiger partial charge in [-0.15, -0.1) is 0 Å². The monoisotopic (exact) mass is 256 g/mol. The number of aliphatic hydroxyl groups excluding tert-OH is 2. The molecule has 0 saturated carbocycles. The third-order valence-electron chi connectivity index (χ3n) is 1.37. The third kappa shape index (κ3) is 23.2. The molecular weight excluding hydrogens is 240 g/mol. The first-order valence-electron chi connectivity index (χ1n) is 4.36. The molecule has 0 unspecified atom stereocenters. The molecule has 0 heterocycles. The number of hydrogen-bond acceptors (Lipinski definition) is 6. The second kappa shape index (κ2) is 10.7. The Kier molecular flexibility index (Phi) is 11.8. The molecule has 0 rings (SSSR count). The summed E-state index contributed by atoms with van der Waals surface area (Å²) in [5, 5.41) is 25.4. The molecule has 0 aromatic heterocycles. The highest BCUT2D eigenvalue weighted by atomic mass is 32.3. The predicted octanol–water partition coefficient (Wildman–Crippen LogP) is -1.47. The van der Waals surface area contributed by atoms with Gasteiger partial charge in [0.25, 0.3) is 0 Å². The van der Waals surface area contributed by atoms with Gasteiger partial charge in [0.05, 0.1) is 19.3 Å². The Morgan fingerprint density at radius 1 is 1.06 bits per heavy atom. The molecule has 0 saturated heterocycles. The Morgan fingerprint density at radius 2 is 1.44 bits per heavy atom. The van der Waals surface area contributed by atoms with Crippen molar-refractivity contribution in [1.29, 1.82) is 5.26 Å². The number of rotatable bonds is 6. The first-order valence-corrected chi connectivity index (χ1v) is 5.75. The second-order valence-electron chi connectivity index (χ2n) is 2.64. The Bertz CT molecular complexity index is 272. The van der Waals surface area contributed by atoms with Crippen LogP contribution in [0.1, 0.15) is 6.42 Å². The molecule has 0 amide bonds. The fraction of sp³-hybridized carbons (Fsp3) is 0.857. The van der Waals surface area contributed by atoms with Crippen molar-refractivity contribution in [2.75, 3.05) is 32.8 Å². The molecule has 0 aromatic carbocycles.